The van der Waals surface area contributed by atoms with Gasteiger partial charge < -0.3 is 4.74 Å². The van der Waals surface area contributed by atoms with Gasteiger partial charge in [0, 0.05) is 0 Å². The SMILES string of the molecule is N#Cc1ccc(OC2CCCC2)c(Cl)c1. The molecule has 2 rings (SSSR count). The maximum atomic E-state index is 8.69. The molecule has 0 amide bonds. The molecule has 2 nitrogen and oxygen atoms in total. The molecule has 3 heteroatoms. The maximum Gasteiger partial charge on any atom is 0.138 e. The molecule has 0 spiro atoms. The minimum Gasteiger partial charge on any atom is -0.489 e. The number of hydrogen-bond donors (Lipinski definition) is 0. The summed E-state index contributed by atoms with van der Waals surface area (Å²) in [5.41, 5.74) is 0.568. The molecule has 0 bridgehead atoms. The number of nitrogens with zero attached hydrogens (tertiary/aromatic N) is 1. The van der Waals surface area contributed by atoms with Gasteiger partial charge in [-0.3, -0.25) is 0 Å². The van der Waals surface area contributed by atoms with Gasteiger partial charge in [-0.25, -0.2) is 0 Å². The summed E-state index contributed by atoms with van der Waals surface area (Å²) in [6.07, 6.45) is 4.99. The number of halogens is 1. The van der Waals surface area contributed by atoms with Gasteiger partial charge in [-0.05, 0) is 43.9 Å². The third-order valence-corrected chi connectivity index (χ3v) is 2.95. The summed E-state index contributed by atoms with van der Waals surface area (Å²) in [5.74, 6) is 0.697. The number of benzene rings is 1. The largest absolute Gasteiger partial charge is 0.489 e. The van der Waals surface area contributed by atoms with Crippen LogP contribution in [0.5, 0.6) is 5.75 Å². The van der Waals surface area contributed by atoms with Crippen LogP contribution in [-0.4, -0.2) is 6.10 Å². The van der Waals surface area contributed by atoms with Crippen LogP contribution in [0.2, 0.25) is 5.02 Å². The lowest BCUT2D eigenvalue weighted by atomic mass is 10.2. The highest BCUT2D eigenvalue weighted by Crippen LogP contribution is 2.30. The van der Waals surface area contributed by atoms with Crippen LogP contribution in [0.25, 0.3) is 0 Å². The molecular weight excluding hydrogens is 210 g/mol. The van der Waals surface area contributed by atoms with Crippen molar-refractivity contribution in [2.75, 3.05) is 0 Å². The average molecular weight is 222 g/mol. The third kappa shape index (κ3) is 2.43. The Morgan fingerprint density at radius 1 is 1.33 bits per heavy atom. The lowest BCUT2D eigenvalue weighted by molar-refractivity contribution is 0.210. The van der Waals surface area contributed by atoms with Gasteiger partial charge in [-0.2, -0.15) is 5.26 Å². The molecular formula is C12H12ClNO. The van der Waals surface area contributed by atoms with E-state index in [1.807, 2.05) is 6.07 Å². The van der Waals surface area contributed by atoms with Gasteiger partial charge in [0.05, 0.1) is 22.8 Å². The van der Waals surface area contributed by atoms with Crippen molar-refractivity contribution in [3.8, 4) is 11.8 Å². The first-order chi connectivity index (χ1) is 7.29. The maximum absolute atomic E-state index is 8.69. The highest BCUT2D eigenvalue weighted by atomic mass is 35.5. The second kappa shape index (κ2) is 4.55. The van der Waals surface area contributed by atoms with Crippen molar-refractivity contribution in [2.45, 2.75) is 31.8 Å². The molecule has 1 saturated carbocycles. The molecule has 0 heterocycles. The highest BCUT2D eigenvalue weighted by Gasteiger charge is 2.17. The van der Waals surface area contributed by atoms with Crippen molar-refractivity contribution in [3.63, 3.8) is 0 Å². The van der Waals surface area contributed by atoms with Crippen LogP contribution in [0.3, 0.4) is 0 Å². The Hall–Kier alpha value is -1.20. The predicted molar refractivity (Wildman–Crippen MR) is 59.1 cm³/mol. The lowest BCUT2D eigenvalue weighted by Gasteiger charge is -2.14. The van der Waals surface area contributed by atoms with Gasteiger partial charge in [-0.1, -0.05) is 11.6 Å². The van der Waals surface area contributed by atoms with Crippen LogP contribution in [0.1, 0.15) is 31.2 Å². The molecule has 1 aromatic carbocycles. The van der Waals surface area contributed by atoms with Crippen LogP contribution in [0.15, 0.2) is 18.2 Å². The van der Waals surface area contributed by atoms with E-state index in [1.165, 1.54) is 12.8 Å². The fraction of sp³-hybridized carbons (Fsp3) is 0.417. The Morgan fingerprint density at radius 3 is 2.67 bits per heavy atom. The molecule has 78 valence electrons. The third-order valence-electron chi connectivity index (χ3n) is 2.66. The van der Waals surface area contributed by atoms with Crippen LogP contribution in [-0.2, 0) is 0 Å². The van der Waals surface area contributed by atoms with Crippen molar-refractivity contribution < 1.29 is 4.74 Å². The van der Waals surface area contributed by atoms with Crippen molar-refractivity contribution >= 4 is 11.6 Å². The normalized spacial score (nSPS) is 16.3. The van der Waals surface area contributed by atoms with E-state index in [-0.39, 0.29) is 0 Å². The Kier molecular flexibility index (Phi) is 3.13. The van der Waals surface area contributed by atoms with E-state index >= 15 is 0 Å². The fourth-order valence-corrected chi connectivity index (χ4v) is 2.08. The Labute approximate surface area is 94.4 Å². The molecule has 0 unspecified atom stereocenters. The Balaban J connectivity index is 2.11. The zero-order valence-electron chi connectivity index (χ0n) is 8.37. The van der Waals surface area contributed by atoms with E-state index in [2.05, 4.69) is 0 Å². The molecule has 0 aromatic heterocycles. The number of hydrogen-bond acceptors (Lipinski definition) is 2. The first kappa shape index (κ1) is 10.3. The molecule has 15 heavy (non-hydrogen) atoms. The van der Waals surface area contributed by atoms with Gasteiger partial charge in [0.2, 0.25) is 0 Å². The molecule has 0 atom stereocenters. The molecule has 1 aliphatic rings. The smallest absolute Gasteiger partial charge is 0.138 e. The summed E-state index contributed by atoms with van der Waals surface area (Å²) < 4.78 is 5.76. The van der Waals surface area contributed by atoms with Gasteiger partial charge in [0.25, 0.3) is 0 Å². The average Bonchev–Trinajstić information content (AvgIpc) is 2.74. The molecule has 1 aromatic rings. The van der Waals surface area contributed by atoms with Gasteiger partial charge >= 0.3 is 0 Å². The standard InChI is InChI=1S/C12H12ClNO/c13-11-7-9(8-14)5-6-12(11)15-10-3-1-2-4-10/h5-7,10H,1-4H2. The summed E-state index contributed by atoms with van der Waals surface area (Å²) in [7, 11) is 0. The molecule has 1 fully saturated rings. The van der Waals surface area contributed by atoms with Crippen molar-refractivity contribution in [1.29, 1.82) is 5.26 Å². The van der Waals surface area contributed by atoms with Gasteiger partial charge in [-0.15, -0.1) is 0 Å². The number of rotatable bonds is 2. The van der Waals surface area contributed by atoms with Crippen molar-refractivity contribution in [1.82, 2.24) is 0 Å². The topological polar surface area (TPSA) is 33.0 Å². The predicted octanol–water partition coefficient (Wildman–Crippen LogP) is 3.53. The summed E-state index contributed by atoms with van der Waals surface area (Å²) in [6.45, 7) is 0. The fourth-order valence-electron chi connectivity index (χ4n) is 1.85. The molecule has 0 N–H and O–H groups in total. The van der Waals surface area contributed by atoms with E-state index in [4.69, 9.17) is 21.6 Å². The van der Waals surface area contributed by atoms with Crippen molar-refractivity contribution in [2.24, 2.45) is 0 Å². The monoisotopic (exact) mass is 221 g/mol. The second-order valence-corrected chi connectivity index (χ2v) is 4.19. The number of ether oxygens (including phenoxy) is 1. The summed E-state index contributed by atoms with van der Waals surface area (Å²) in [4.78, 5) is 0. The Bertz CT molecular complexity index is 391. The minimum atomic E-state index is 0.301. The lowest BCUT2D eigenvalue weighted by Crippen LogP contribution is -2.11. The van der Waals surface area contributed by atoms with Crippen LogP contribution in [0.4, 0.5) is 0 Å². The van der Waals surface area contributed by atoms with E-state index < -0.39 is 0 Å². The Morgan fingerprint density at radius 2 is 2.07 bits per heavy atom. The van der Waals surface area contributed by atoms with E-state index in [9.17, 15) is 0 Å². The molecule has 0 radical (unpaired) electrons. The molecule has 0 aliphatic heterocycles. The molecule has 0 saturated heterocycles. The van der Waals surface area contributed by atoms with E-state index in [1.54, 1.807) is 18.2 Å². The number of nitriles is 1. The molecule has 1 aliphatic carbocycles. The van der Waals surface area contributed by atoms with E-state index in [0.717, 1.165) is 12.8 Å². The van der Waals surface area contributed by atoms with Crippen LogP contribution < -0.4 is 4.74 Å². The van der Waals surface area contributed by atoms with Gasteiger partial charge in [0.15, 0.2) is 0 Å². The van der Waals surface area contributed by atoms with E-state index in [0.29, 0.717) is 22.4 Å². The highest BCUT2D eigenvalue weighted by molar-refractivity contribution is 6.32. The quantitative estimate of drug-likeness (QED) is 0.766. The zero-order valence-corrected chi connectivity index (χ0v) is 9.13. The summed E-state index contributed by atoms with van der Waals surface area (Å²) in [5, 5.41) is 9.22. The zero-order chi connectivity index (χ0) is 10.7. The first-order valence-corrected chi connectivity index (χ1v) is 5.53. The van der Waals surface area contributed by atoms with Crippen LogP contribution >= 0.6 is 11.6 Å². The minimum absolute atomic E-state index is 0.301. The summed E-state index contributed by atoms with van der Waals surface area (Å²) >= 11 is 6.01. The second-order valence-electron chi connectivity index (χ2n) is 3.78. The van der Waals surface area contributed by atoms with Crippen LogP contribution in [0, 0.1) is 11.3 Å². The first-order valence-electron chi connectivity index (χ1n) is 5.16. The van der Waals surface area contributed by atoms with Gasteiger partial charge in [0.1, 0.15) is 5.75 Å². The van der Waals surface area contributed by atoms with Crippen molar-refractivity contribution in [3.05, 3.63) is 28.8 Å². The summed E-state index contributed by atoms with van der Waals surface area (Å²) in [6, 6.07) is 7.20.